The fourth-order valence-electron chi connectivity index (χ4n) is 1.81. The SMILES string of the molecule is CCCCCCC[C@@H](C)CCOC[C@H](N)CO. The second-order valence-corrected chi connectivity index (χ2v) is 5.11. The lowest BCUT2D eigenvalue weighted by molar-refractivity contribution is 0.0914. The van der Waals surface area contributed by atoms with Crippen molar-refractivity contribution in [1.82, 2.24) is 0 Å². The third kappa shape index (κ3) is 12.1. The molecule has 0 bridgehead atoms. The van der Waals surface area contributed by atoms with E-state index in [0.717, 1.165) is 18.9 Å². The summed E-state index contributed by atoms with van der Waals surface area (Å²) in [5, 5.41) is 8.73. The molecule has 0 aliphatic rings. The molecule has 0 heterocycles. The first-order chi connectivity index (χ1) is 8.20. The van der Waals surface area contributed by atoms with E-state index in [0.29, 0.717) is 6.61 Å². The van der Waals surface area contributed by atoms with E-state index in [-0.39, 0.29) is 12.6 Å². The zero-order valence-corrected chi connectivity index (χ0v) is 11.7. The van der Waals surface area contributed by atoms with Gasteiger partial charge in [0, 0.05) is 6.61 Å². The van der Waals surface area contributed by atoms with Crippen molar-refractivity contribution in [3.8, 4) is 0 Å². The van der Waals surface area contributed by atoms with Crippen molar-refractivity contribution < 1.29 is 9.84 Å². The minimum atomic E-state index is -0.223. The molecule has 0 fully saturated rings. The lowest BCUT2D eigenvalue weighted by Crippen LogP contribution is -2.30. The Hall–Kier alpha value is -0.120. The Morgan fingerprint density at radius 1 is 1.12 bits per heavy atom. The van der Waals surface area contributed by atoms with E-state index < -0.39 is 0 Å². The molecular weight excluding hydrogens is 214 g/mol. The fourth-order valence-corrected chi connectivity index (χ4v) is 1.81. The molecule has 3 nitrogen and oxygen atoms in total. The number of ether oxygens (including phenoxy) is 1. The molecule has 0 unspecified atom stereocenters. The lowest BCUT2D eigenvalue weighted by atomic mass is 9.99. The van der Waals surface area contributed by atoms with Crippen LogP contribution >= 0.6 is 0 Å². The van der Waals surface area contributed by atoms with E-state index in [2.05, 4.69) is 13.8 Å². The van der Waals surface area contributed by atoms with Gasteiger partial charge < -0.3 is 15.6 Å². The van der Waals surface area contributed by atoms with E-state index in [4.69, 9.17) is 15.6 Å². The van der Waals surface area contributed by atoms with Gasteiger partial charge in [-0.1, -0.05) is 52.4 Å². The van der Waals surface area contributed by atoms with Crippen LogP contribution < -0.4 is 5.73 Å². The first kappa shape index (κ1) is 16.9. The molecule has 104 valence electrons. The number of hydrogen-bond acceptors (Lipinski definition) is 3. The Morgan fingerprint density at radius 2 is 1.82 bits per heavy atom. The van der Waals surface area contributed by atoms with Crippen LogP contribution in [0, 0.1) is 5.92 Å². The predicted octanol–water partition coefficient (Wildman–Crippen LogP) is 2.71. The third-order valence-electron chi connectivity index (χ3n) is 3.12. The molecule has 0 saturated carbocycles. The van der Waals surface area contributed by atoms with Crippen molar-refractivity contribution in [3.05, 3.63) is 0 Å². The smallest absolute Gasteiger partial charge is 0.0639 e. The maximum atomic E-state index is 8.73. The molecule has 0 rings (SSSR count). The van der Waals surface area contributed by atoms with Crippen LogP contribution in [0.25, 0.3) is 0 Å². The summed E-state index contributed by atoms with van der Waals surface area (Å²) >= 11 is 0. The molecule has 0 saturated heterocycles. The molecule has 0 aromatic rings. The van der Waals surface area contributed by atoms with Crippen LogP contribution in [-0.2, 0) is 4.74 Å². The van der Waals surface area contributed by atoms with Crippen molar-refractivity contribution in [1.29, 1.82) is 0 Å². The number of rotatable bonds is 12. The van der Waals surface area contributed by atoms with Crippen LogP contribution in [0.2, 0.25) is 0 Å². The van der Waals surface area contributed by atoms with Gasteiger partial charge in [0.25, 0.3) is 0 Å². The normalized spacial score (nSPS) is 14.8. The van der Waals surface area contributed by atoms with Crippen LogP contribution in [0.1, 0.15) is 58.8 Å². The Bertz CT molecular complexity index is 153. The number of unbranched alkanes of at least 4 members (excludes halogenated alkanes) is 4. The molecular formula is C14H31NO2. The van der Waals surface area contributed by atoms with Crippen LogP contribution in [0.5, 0.6) is 0 Å². The highest BCUT2D eigenvalue weighted by atomic mass is 16.5. The van der Waals surface area contributed by atoms with Crippen LogP contribution in [0.3, 0.4) is 0 Å². The maximum Gasteiger partial charge on any atom is 0.0639 e. The van der Waals surface area contributed by atoms with Crippen LogP contribution in [-0.4, -0.2) is 31.0 Å². The van der Waals surface area contributed by atoms with Gasteiger partial charge in [-0.3, -0.25) is 0 Å². The first-order valence-corrected chi connectivity index (χ1v) is 7.14. The van der Waals surface area contributed by atoms with E-state index >= 15 is 0 Å². The van der Waals surface area contributed by atoms with Gasteiger partial charge in [-0.15, -0.1) is 0 Å². The average molecular weight is 245 g/mol. The zero-order chi connectivity index (χ0) is 12.9. The largest absolute Gasteiger partial charge is 0.395 e. The summed E-state index contributed by atoms with van der Waals surface area (Å²) in [5.74, 6) is 0.738. The van der Waals surface area contributed by atoms with Gasteiger partial charge in [0.1, 0.15) is 0 Å². The number of hydrogen-bond donors (Lipinski definition) is 2. The average Bonchev–Trinajstić information content (AvgIpc) is 2.34. The summed E-state index contributed by atoms with van der Waals surface area (Å²) in [5.41, 5.74) is 5.54. The van der Waals surface area contributed by atoms with E-state index in [9.17, 15) is 0 Å². The van der Waals surface area contributed by atoms with Crippen LogP contribution in [0.4, 0.5) is 0 Å². The quantitative estimate of drug-likeness (QED) is 0.520. The predicted molar refractivity (Wildman–Crippen MR) is 73.0 cm³/mol. The summed E-state index contributed by atoms with van der Waals surface area (Å²) < 4.78 is 5.42. The fraction of sp³-hybridized carbons (Fsp3) is 1.00. The molecule has 0 spiro atoms. The standard InChI is InChI=1S/C14H31NO2/c1-3-4-5-6-7-8-13(2)9-10-17-12-14(15)11-16/h13-14,16H,3-12,15H2,1-2H3/t13-,14-/m1/s1. The number of aliphatic hydroxyl groups is 1. The Balaban J connectivity index is 3.20. The van der Waals surface area contributed by atoms with E-state index in [1.165, 1.54) is 38.5 Å². The molecule has 0 aromatic carbocycles. The Labute approximate surface area is 107 Å². The van der Waals surface area contributed by atoms with Crippen molar-refractivity contribution in [2.24, 2.45) is 11.7 Å². The van der Waals surface area contributed by atoms with Gasteiger partial charge in [0.05, 0.1) is 19.3 Å². The second kappa shape index (κ2) is 12.3. The summed E-state index contributed by atoms with van der Waals surface area (Å²) in [6.07, 6.45) is 9.19. The Morgan fingerprint density at radius 3 is 2.47 bits per heavy atom. The summed E-state index contributed by atoms with van der Waals surface area (Å²) in [6.45, 7) is 5.78. The highest BCUT2D eigenvalue weighted by Gasteiger charge is 2.04. The summed E-state index contributed by atoms with van der Waals surface area (Å²) in [7, 11) is 0. The lowest BCUT2D eigenvalue weighted by Gasteiger charge is -2.13. The minimum Gasteiger partial charge on any atom is -0.395 e. The highest BCUT2D eigenvalue weighted by molar-refractivity contribution is 4.57. The maximum absolute atomic E-state index is 8.73. The van der Waals surface area contributed by atoms with Crippen LogP contribution in [0.15, 0.2) is 0 Å². The monoisotopic (exact) mass is 245 g/mol. The molecule has 0 amide bonds. The topological polar surface area (TPSA) is 55.5 Å². The van der Waals surface area contributed by atoms with Crippen molar-refractivity contribution in [3.63, 3.8) is 0 Å². The van der Waals surface area contributed by atoms with Gasteiger partial charge in [0.2, 0.25) is 0 Å². The number of nitrogens with two attached hydrogens (primary N) is 1. The van der Waals surface area contributed by atoms with Gasteiger partial charge >= 0.3 is 0 Å². The molecule has 2 atom stereocenters. The molecule has 0 aliphatic carbocycles. The van der Waals surface area contributed by atoms with E-state index in [1.54, 1.807) is 0 Å². The van der Waals surface area contributed by atoms with E-state index in [1.807, 2.05) is 0 Å². The van der Waals surface area contributed by atoms with Gasteiger partial charge in [-0.2, -0.15) is 0 Å². The number of aliphatic hydroxyl groups excluding tert-OH is 1. The molecule has 3 N–H and O–H groups in total. The van der Waals surface area contributed by atoms with Crippen molar-refractivity contribution in [2.45, 2.75) is 64.8 Å². The zero-order valence-electron chi connectivity index (χ0n) is 11.7. The Kier molecular flexibility index (Phi) is 12.3. The van der Waals surface area contributed by atoms with Gasteiger partial charge in [-0.05, 0) is 12.3 Å². The van der Waals surface area contributed by atoms with Crippen molar-refractivity contribution in [2.75, 3.05) is 19.8 Å². The summed E-state index contributed by atoms with van der Waals surface area (Å²) in [6, 6.07) is -0.223. The molecule has 0 aromatic heterocycles. The molecule has 0 aliphatic heterocycles. The first-order valence-electron chi connectivity index (χ1n) is 7.14. The molecule has 17 heavy (non-hydrogen) atoms. The minimum absolute atomic E-state index is 0.00693. The van der Waals surface area contributed by atoms with Crippen molar-refractivity contribution >= 4 is 0 Å². The molecule has 3 heteroatoms. The molecule has 0 radical (unpaired) electrons. The highest BCUT2D eigenvalue weighted by Crippen LogP contribution is 2.14. The second-order valence-electron chi connectivity index (χ2n) is 5.11. The van der Waals surface area contributed by atoms with Gasteiger partial charge in [-0.25, -0.2) is 0 Å². The third-order valence-corrected chi connectivity index (χ3v) is 3.12. The summed E-state index contributed by atoms with van der Waals surface area (Å²) in [4.78, 5) is 0. The van der Waals surface area contributed by atoms with Gasteiger partial charge in [0.15, 0.2) is 0 Å².